The van der Waals surface area contributed by atoms with E-state index in [1.54, 1.807) is 0 Å². The Morgan fingerprint density at radius 2 is 2.11 bits per heavy atom. The lowest BCUT2D eigenvalue weighted by atomic mass is 10.1. The normalized spacial score (nSPS) is 18.4. The Kier molecular flexibility index (Phi) is 7.39. The molecule has 0 aromatic rings. The second-order valence-electron chi connectivity index (χ2n) is 5.78. The molecule has 2 unspecified atom stereocenters. The van der Waals surface area contributed by atoms with Crippen molar-refractivity contribution in [1.82, 2.24) is 10.2 Å². The van der Waals surface area contributed by atoms with Crippen molar-refractivity contribution in [3.05, 3.63) is 0 Å². The highest BCUT2D eigenvalue weighted by Crippen LogP contribution is 2.19. The lowest BCUT2D eigenvalue weighted by Crippen LogP contribution is -2.48. The summed E-state index contributed by atoms with van der Waals surface area (Å²) in [7, 11) is 0. The van der Waals surface area contributed by atoms with E-state index in [9.17, 15) is 4.79 Å². The van der Waals surface area contributed by atoms with Crippen molar-refractivity contribution in [2.75, 3.05) is 13.1 Å². The van der Waals surface area contributed by atoms with Crippen molar-refractivity contribution < 1.29 is 4.79 Å². The number of nitrogens with one attached hydrogen (secondary N) is 1. The Hall–Kier alpha value is -0.610. The lowest BCUT2D eigenvalue weighted by Gasteiger charge is -2.35. The molecule has 1 fully saturated rings. The summed E-state index contributed by atoms with van der Waals surface area (Å²) < 4.78 is 0. The minimum Gasteiger partial charge on any atom is -0.353 e. The smallest absolute Gasteiger partial charge is 0.221 e. The monoisotopic (exact) mass is 269 g/mol. The molecule has 4 heteroatoms. The van der Waals surface area contributed by atoms with Crippen LogP contribution in [0.4, 0.5) is 0 Å². The Labute approximate surface area is 118 Å². The second kappa shape index (κ2) is 8.54. The molecule has 0 saturated heterocycles. The number of rotatable bonds is 10. The molecule has 0 aliphatic heterocycles. The van der Waals surface area contributed by atoms with Gasteiger partial charge in [0.1, 0.15) is 0 Å². The molecule has 3 N–H and O–H groups in total. The maximum Gasteiger partial charge on any atom is 0.221 e. The highest BCUT2D eigenvalue weighted by Gasteiger charge is 2.27. The predicted octanol–water partition coefficient (Wildman–Crippen LogP) is 1.88. The summed E-state index contributed by atoms with van der Waals surface area (Å²) >= 11 is 0. The Bertz CT molecular complexity index is 266. The van der Waals surface area contributed by atoms with Crippen molar-refractivity contribution in [3.8, 4) is 0 Å². The van der Waals surface area contributed by atoms with Gasteiger partial charge in [0.2, 0.25) is 5.91 Å². The van der Waals surface area contributed by atoms with E-state index in [4.69, 9.17) is 5.73 Å². The van der Waals surface area contributed by atoms with Crippen LogP contribution in [0.2, 0.25) is 0 Å². The van der Waals surface area contributed by atoms with Gasteiger partial charge in [-0.05, 0) is 39.2 Å². The number of hydrogen-bond acceptors (Lipinski definition) is 3. The van der Waals surface area contributed by atoms with Gasteiger partial charge in [-0.1, -0.05) is 20.3 Å². The highest BCUT2D eigenvalue weighted by atomic mass is 16.1. The number of unbranched alkanes of at least 4 members (excludes halogenated alkanes) is 1. The molecule has 1 saturated carbocycles. The van der Waals surface area contributed by atoms with Gasteiger partial charge < -0.3 is 11.1 Å². The first kappa shape index (κ1) is 16.4. The van der Waals surface area contributed by atoms with E-state index in [1.807, 2.05) is 0 Å². The Balaban J connectivity index is 2.51. The van der Waals surface area contributed by atoms with E-state index in [2.05, 4.69) is 31.0 Å². The summed E-state index contributed by atoms with van der Waals surface area (Å²) in [5.74, 6) is 0.169. The molecule has 1 amide bonds. The minimum absolute atomic E-state index is 0.169. The van der Waals surface area contributed by atoms with Crippen molar-refractivity contribution in [1.29, 1.82) is 0 Å². The molecular weight excluding hydrogens is 238 g/mol. The first-order valence-corrected chi connectivity index (χ1v) is 7.87. The van der Waals surface area contributed by atoms with Crippen LogP contribution in [0.15, 0.2) is 0 Å². The SMILES string of the molecule is CCCCN(C(C)CC)C(CN)CC(=O)NC1CC1. The zero-order valence-corrected chi connectivity index (χ0v) is 12.8. The topological polar surface area (TPSA) is 58.4 Å². The third-order valence-corrected chi connectivity index (χ3v) is 4.03. The number of nitrogens with zero attached hydrogens (tertiary/aromatic N) is 1. The third-order valence-electron chi connectivity index (χ3n) is 4.03. The molecule has 1 rings (SSSR count). The molecule has 0 radical (unpaired) electrons. The summed E-state index contributed by atoms with van der Waals surface area (Å²) in [6.45, 7) is 8.24. The van der Waals surface area contributed by atoms with Gasteiger partial charge in [0.25, 0.3) is 0 Å². The summed E-state index contributed by atoms with van der Waals surface area (Å²) in [5.41, 5.74) is 5.91. The van der Waals surface area contributed by atoms with Gasteiger partial charge in [0.15, 0.2) is 0 Å². The molecule has 4 nitrogen and oxygen atoms in total. The van der Waals surface area contributed by atoms with E-state index >= 15 is 0 Å². The van der Waals surface area contributed by atoms with Crippen molar-refractivity contribution in [3.63, 3.8) is 0 Å². The molecule has 0 aromatic heterocycles. The first-order chi connectivity index (χ1) is 9.12. The number of nitrogens with two attached hydrogens (primary N) is 1. The standard InChI is InChI=1S/C15H31N3O/c1-4-6-9-18(12(3)5-2)14(11-16)10-15(19)17-13-7-8-13/h12-14H,4-11,16H2,1-3H3,(H,17,19). The quantitative estimate of drug-likeness (QED) is 0.636. The number of hydrogen-bond donors (Lipinski definition) is 2. The van der Waals surface area contributed by atoms with Gasteiger partial charge in [-0.3, -0.25) is 9.69 Å². The maximum absolute atomic E-state index is 12.0. The van der Waals surface area contributed by atoms with Gasteiger partial charge in [-0.25, -0.2) is 0 Å². The molecular formula is C15H31N3O. The molecule has 0 bridgehead atoms. The molecule has 112 valence electrons. The fraction of sp³-hybridized carbons (Fsp3) is 0.933. The van der Waals surface area contributed by atoms with Crippen molar-refractivity contribution >= 4 is 5.91 Å². The van der Waals surface area contributed by atoms with E-state index < -0.39 is 0 Å². The summed E-state index contributed by atoms with van der Waals surface area (Å²) in [4.78, 5) is 14.4. The highest BCUT2D eigenvalue weighted by molar-refractivity contribution is 5.77. The van der Waals surface area contributed by atoms with E-state index in [1.165, 1.54) is 12.8 Å². The Morgan fingerprint density at radius 3 is 2.58 bits per heavy atom. The van der Waals surface area contributed by atoms with Crippen LogP contribution in [0.3, 0.4) is 0 Å². The maximum atomic E-state index is 12.0. The van der Waals surface area contributed by atoms with E-state index in [0.29, 0.717) is 25.0 Å². The van der Waals surface area contributed by atoms with Crippen LogP contribution >= 0.6 is 0 Å². The zero-order chi connectivity index (χ0) is 14.3. The molecule has 0 heterocycles. The number of carbonyl (C=O) groups is 1. The van der Waals surface area contributed by atoms with Gasteiger partial charge in [0.05, 0.1) is 0 Å². The van der Waals surface area contributed by atoms with Crippen LogP contribution in [-0.4, -0.2) is 42.0 Å². The van der Waals surface area contributed by atoms with E-state index in [-0.39, 0.29) is 11.9 Å². The van der Waals surface area contributed by atoms with Crippen molar-refractivity contribution in [2.24, 2.45) is 5.73 Å². The number of amides is 1. The molecule has 2 atom stereocenters. The third kappa shape index (κ3) is 5.91. The van der Waals surface area contributed by atoms with Crippen LogP contribution < -0.4 is 11.1 Å². The van der Waals surface area contributed by atoms with Crippen LogP contribution in [0.25, 0.3) is 0 Å². The van der Waals surface area contributed by atoms with Gasteiger partial charge in [-0.15, -0.1) is 0 Å². The van der Waals surface area contributed by atoms with Crippen molar-refractivity contribution in [2.45, 2.75) is 77.4 Å². The van der Waals surface area contributed by atoms with Crippen LogP contribution in [-0.2, 0) is 4.79 Å². The fourth-order valence-corrected chi connectivity index (χ4v) is 2.40. The Morgan fingerprint density at radius 1 is 1.42 bits per heavy atom. The van der Waals surface area contributed by atoms with Gasteiger partial charge >= 0.3 is 0 Å². The van der Waals surface area contributed by atoms with Crippen LogP contribution in [0, 0.1) is 0 Å². The predicted molar refractivity (Wildman–Crippen MR) is 80.0 cm³/mol. The van der Waals surface area contributed by atoms with E-state index in [0.717, 1.165) is 25.8 Å². The zero-order valence-electron chi connectivity index (χ0n) is 12.8. The second-order valence-corrected chi connectivity index (χ2v) is 5.78. The molecule has 19 heavy (non-hydrogen) atoms. The molecule has 0 spiro atoms. The first-order valence-electron chi connectivity index (χ1n) is 7.87. The fourth-order valence-electron chi connectivity index (χ4n) is 2.40. The molecule has 1 aliphatic carbocycles. The summed E-state index contributed by atoms with van der Waals surface area (Å²) in [6.07, 6.45) is 6.28. The largest absolute Gasteiger partial charge is 0.353 e. The minimum atomic E-state index is 0.169. The summed E-state index contributed by atoms with van der Waals surface area (Å²) in [6, 6.07) is 1.12. The average molecular weight is 269 g/mol. The van der Waals surface area contributed by atoms with Gasteiger partial charge in [-0.2, -0.15) is 0 Å². The average Bonchev–Trinajstić information content (AvgIpc) is 3.20. The van der Waals surface area contributed by atoms with Gasteiger partial charge in [0, 0.05) is 31.1 Å². The summed E-state index contributed by atoms with van der Waals surface area (Å²) in [5, 5.41) is 3.07. The van der Waals surface area contributed by atoms with Crippen LogP contribution in [0.5, 0.6) is 0 Å². The number of carbonyl (C=O) groups excluding carboxylic acids is 1. The molecule has 1 aliphatic rings. The van der Waals surface area contributed by atoms with Crippen LogP contribution in [0.1, 0.15) is 59.3 Å². The lowest BCUT2D eigenvalue weighted by molar-refractivity contribution is -0.122. The molecule has 0 aromatic carbocycles.